The predicted molar refractivity (Wildman–Crippen MR) is 67.9 cm³/mol. The lowest BCUT2D eigenvalue weighted by Gasteiger charge is -2.31. The molecular formula is C12H21ClN2O2. The van der Waals surface area contributed by atoms with Crippen LogP contribution in [-0.2, 0) is 9.59 Å². The van der Waals surface area contributed by atoms with Gasteiger partial charge in [0.25, 0.3) is 0 Å². The van der Waals surface area contributed by atoms with E-state index in [1.807, 2.05) is 13.8 Å². The maximum absolute atomic E-state index is 11.9. The Morgan fingerprint density at radius 2 is 2.00 bits per heavy atom. The summed E-state index contributed by atoms with van der Waals surface area (Å²) in [6.07, 6.45) is 2.42. The number of piperidine rings is 1. The molecule has 0 saturated carbocycles. The summed E-state index contributed by atoms with van der Waals surface area (Å²) in [5.74, 6) is 0.164. The molecule has 0 aromatic carbocycles. The summed E-state index contributed by atoms with van der Waals surface area (Å²) in [6.45, 7) is 5.34. The van der Waals surface area contributed by atoms with Crippen molar-refractivity contribution in [3.05, 3.63) is 0 Å². The summed E-state index contributed by atoms with van der Waals surface area (Å²) >= 11 is 5.50. The van der Waals surface area contributed by atoms with Gasteiger partial charge in [-0.2, -0.15) is 0 Å². The number of hydrogen-bond donors (Lipinski definition) is 1. The molecule has 0 aromatic rings. The highest BCUT2D eigenvalue weighted by Gasteiger charge is 2.27. The zero-order chi connectivity index (χ0) is 12.8. The van der Waals surface area contributed by atoms with Gasteiger partial charge in [-0.15, -0.1) is 11.6 Å². The molecule has 5 heteroatoms. The van der Waals surface area contributed by atoms with E-state index in [1.54, 1.807) is 4.90 Å². The highest BCUT2D eigenvalue weighted by molar-refractivity contribution is 6.27. The van der Waals surface area contributed by atoms with Gasteiger partial charge in [-0.3, -0.25) is 9.59 Å². The van der Waals surface area contributed by atoms with Crippen LogP contribution in [0.2, 0.25) is 0 Å². The van der Waals surface area contributed by atoms with Gasteiger partial charge < -0.3 is 10.2 Å². The van der Waals surface area contributed by atoms with E-state index in [9.17, 15) is 9.59 Å². The van der Waals surface area contributed by atoms with Gasteiger partial charge in [0.1, 0.15) is 5.88 Å². The molecule has 4 nitrogen and oxygen atoms in total. The van der Waals surface area contributed by atoms with Crippen LogP contribution in [-0.4, -0.2) is 41.7 Å². The third-order valence-electron chi connectivity index (χ3n) is 3.33. The molecule has 0 radical (unpaired) electrons. The molecular weight excluding hydrogens is 240 g/mol. The lowest BCUT2D eigenvalue weighted by atomic mass is 9.95. The normalized spacial score (nSPS) is 18.9. The number of nitrogens with one attached hydrogen (secondary N) is 1. The van der Waals surface area contributed by atoms with E-state index in [4.69, 9.17) is 11.6 Å². The molecule has 1 atom stereocenters. The van der Waals surface area contributed by atoms with Gasteiger partial charge >= 0.3 is 0 Å². The number of hydrogen-bond acceptors (Lipinski definition) is 2. The molecule has 1 unspecified atom stereocenters. The van der Waals surface area contributed by atoms with E-state index in [1.165, 1.54) is 0 Å². The SMILES string of the molecule is CCC(C)NC(=O)C1CCN(C(=O)CCl)CC1. The van der Waals surface area contributed by atoms with Gasteiger partial charge in [0, 0.05) is 25.0 Å². The molecule has 0 aromatic heterocycles. The third-order valence-corrected chi connectivity index (χ3v) is 3.56. The Bertz CT molecular complexity index is 276. The monoisotopic (exact) mass is 260 g/mol. The number of carbonyl (C=O) groups excluding carboxylic acids is 2. The summed E-state index contributed by atoms with van der Waals surface area (Å²) in [5.41, 5.74) is 0. The molecule has 1 aliphatic rings. The highest BCUT2D eigenvalue weighted by Crippen LogP contribution is 2.18. The van der Waals surface area contributed by atoms with Gasteiger partial charge in [0.05, 0.1) is 0 Å². The van der Waals surface area contributed by atoms with Crippen LogP contribution in [0.15, 0.2) is 0 Å². The second-order valence-corrected chi connectivity index (χ2v) is 4.87. The van der Waals surface area contributed by atoms with Crippen molar-refractivity contribution in [2.75, 3.05) is 19.0 Å². The molecule has 0 aliphatic carbocycles. The van der Waals surface area contributed by atoms with Gasteiger partial charge in [-0.1, -0.05) is 6.92 Å². The first-order valence-electron chi connectivity index (χ1n) is 6.22. The van der Waals surface area contributed by atoms with Crippen molar-refractivity contribution in [3.8, 4) is 0 Å². The third kappa shape index (κ3) is 4.19. The van der Waals surface area contributed by atoms with Gasteiger partial charge in [0.15, 0.2) is 0 Å². The lowest BCUT2D eigenvalue weighted by molar-refractivity contribution is -0.133. The Morgan fingerprint density at radius 3 is 2.47 bits per heavy atom. The van der Waals surface area contributed by atoms with E-state index in [0.29, 0.717) is 13.1 Å². The minimum Gasteiger partial charge on any atom is -0.353 e. The van der Waals surface area contributed by atoms with Crippen molar-refractivity contribution in [2.24, 2.45) is 5.92 Å². The molecule has 1 aliphatic heterocycles. The van der Waals surface area contributed by atoms with Crippen LogP contribution in [0.3, 0.4) is 0 Å². The first-order chi connectivity index (χ1) is 8.08. The molecule has 2 amide bonds. The van der Waals surface area contributed by atoms with Crippen LogP contribution in [0.5, 0.6) is 0 Å². The van der Waals surface area contributed by atoms with E-state index in [0.717, 1.165) is 19.3 Å². The fourth-order valence-corrected chi connectivity index (χ4v) is 2.11. The average Bonchev–Trinajstić information content (AvgIpc) is 2.37. The van der Waals surface area contributed by atoms with Crippen LogP contribution in [0.1, 0.15) is 33.1 Å². The number of alkyl halides is 1. The minimum absolute atomic E-state index is 0.0315. The van der Waals surface area contributed by atoms with E-state index >= 15 is 0 Å². The zero-order valence-electron chi connectivity index (χ0n) is 10.5. The lowest BCUT2D eigenvalue weighted by Crippen LogP contribution is -2.45. The van der Waals surface area contributed by atoms with Crippen LogP contribution < -0.4 is 5.32 Å². The molecule has 1 N–H and O–H groups in total. The Balaban J connectivity index is 2.36. The van der Waals surface area contributed by atoms with E-state index < -0.39 is 0 Å². The van der Waals surface area contributed by atoms with E-state index in [-0.39, 0.29) is 29.7 Å². The van der Waals surface area contributed by atoms with Gasteiger partial charge in [0.2, 0.25) is 11.8 Å². The molecule has 1 saturated heterocycles. The number of carbonyl (C=O) groups is 2. The van der Waals surface area contributed by atoms with Crippen molar-refractivity contribution >= 4 is 23.4 Å². The standard InChI is InChI=1S/C12H21ClN2O2/c1-3-9(2)14-12(17)10-4-6-15(7-5-10)11(16)8-13/h9-10H,3-8H2,1-2H3,(H,14,17). The predicted octanol–water partition coefficient (Wildman–Crippen LogP) is 1.38. The first kappa shape index (κ1) is 14.3. The van der Waals surface area contributed by atoms with Crippen LogP contribution in [0.4, 0.5) is 0 Å². The molecule has 1 rings (SSSR count). The maximum atomic E-state index is 11.9. The number of nitrogens with zero attached hydrogens (tertiary/aromatic N) is 1. The number of rotatable bonds is 4. The Morgan fingerprint density at radius 1 is 1.41 bits per heavy atom. The topological polar surface area (TPSA) is 49.4 Å². The van der Waals surface area contributed by atoms with Crippen molar-refractivity contribution in [3.63, 3.8) is 0 Å². The molecule has 1 fully saturated rings. The van der Waals surface area contributed by atoms with Crippen LogP contribution in [0, 0.1) is 5.92 Å². The zero-order valence-corrected chi connectivity index (χ0v) is 11.3. The molecule has 0 bridgehead atoms. The molecule has 0 spiro atoms. The second-order valence-electron chi connectivity index (χ2n) is 4.61. The maximum Gasteiger partial charge on any atom is 0.237 e. The summed E-state index contributed by atoms with van der Waals surface area (Å²) in [5, 5.41) is 2.99. The second kappa shape index (κ2) is 6.84. The summed E-state index contributed by atoms with van der Waals surface area (Å²) in [6, 6.07) is 0.227. The molecule has 17 heavy (non-hydrogen) atoms. The summed E-state index contributed by atoms with van der Waals surface area (Å²) in [4.78, 5) is 25.0. The van der Waals surface area contributed by atoms with Crippen molar-refractivity contribution < 1.29 is 9.59 Å². The van der Waals surface area contributed by atoms with Crippen molar-refractivity contribution in [1.82, 2.24) is 10.2 Å². The average molecular weight is 261 g/mol. The largest absolute Gasteiger partial charge is 0.353 e. The van der Waals surface area contributed by atoms with Crippen LogP contribution in [0.25, 0.3) is 0 Å². The van der Waals surface area contributed by atoms with Crippen LogP contribution >= 0.6 is 11.6 Å². The Labute approximate surface area is 108 Å². The fraction of sp³-hybridized carbons (Fsp3) is 0.833. The minimum atomic E-state index is -0.0348. The Kier molecular flexibility index (Phi) is 5.75. The summed E-state index contributed by atoms with van der Waals surface area (Å²) in [7, 11) is 0. The number of likely N-dealkylation sites (tertiary alicyclic amines) is 1. The molecule has 98 valence electrons. The quantitative estimate of drug-likeness (QED) is 0.777. The smallest absolute Gasteiger partial charge is 0.237 e. The Hall–Kier alpha value is -0.770. The number of halogens is 1. The van der Waals surface area contributed by atoms with Gasteiger partial charge in [-0.05, 0) is 26.2 Å². The first-order valence-corrected chi connectivity index (χ1v) is 6.76. The van der Waals surface area contributed by atoms with Crippen molar-refractivity contribution in [1.29, 1.82) is 0 Å². The highest BCUT2D eigenvalue weighted by atomic mass is 35.5. The fourth-order valence-electron chi connectivity index (χ4n) is 1.94. The van der Waals surface area contributed by atoms with Crippen molar-refractivity contribution in [2.45, 2.75) is 39.2 Å². The van der Waals surface area contributed by atoms with Gasteiger partial charge in [-0.25, -0.2) is 0 Å². The van der Waals surface area contributed by atoms with E-state index in [2.05, 4.69) is 5.32 Å². The number of amides is 2. The summed E-state index contributed by atoms with van der Waals surface area (Å²) < 4.78 is 0. The molecule has 1 heterocycles.